The fourth-order valence-corrected chi connectivity index (χ4v) is 21.9. The molecule has 0 unspecified atom stereocenters. The van der Waals surface area contributed by atoms with Crippen molar-refractivity contribution >= 4 is 65.8 Å². The molecule has 3 aliphatic carbocycles. The molecule has 137 heavy (non-hydrogen) atoms. The van der Waals surface area contributed by atoms with Crippen molar-refractivity contribution in [2.45, 2.75) is 116 Å². The molecule has 7 nitrogen and oxygen atoms in total. The van der Waals surface area contributed by atoms with Gasteiger partial charge < -0.3 is 4.42 Å². The lowest BCUT2D eigenvalue weighted by molar-refractivity contribution is 0.299. The van der Waals surface area contributed by atoms with Crippen LogP contribution in [0.4, 0.5) is 0 Å². The molecule has 0 aliphatic heterocycles. The fourth-order valence-electron chi connectivity index (χ4n) is 21.9. The van der Waals surface area contributed by atoms with E-state index < -0.39 is 0 Å². The molecule has 0 fully saturated rings. The van der Waals surface area contributed by atoms with Crippen LogP contribution in [0.5, 0.6) is 0 Å². The molecule has 660 valence electrons. The molecular formula is C130H104N6O. The smallest absolute Gasteiger partial charge is 0.136 e. The van der Waals surface area contributed by atoms with Crippen LogP contribution in [-0.2, 0) is 32.5 Å². The highest BCUT2D eigenvalue weighted by atomic mass is 16.3. The second-order valence-corrected chi connectivity index (χ2v) is 40.3. The molecule has 0 saturated heterocycles. The van der Waals surface area contributed by atoms with Gasteiger partial charge in [0.1, 0.15) is 11.2 Å². The molecule has 3 aliphatic rings. The van der Waals surface area contributed by atoms with Crippen LogP contribution in [0.25, 0.3) is 211 Å². The molecule has 0 N–H and O–H groups in total. The number of hydrogen-bond acceptors (Lipinski definition) is 7. The summed E-state index contributed by atoms with van der Waals surface area (Å²) in [6.45, 7) is 28.7. The van der Waals surface area contributed by atoms with Crippen LogP contribution < -0.4 is 0 Å². The molecule has 4 heterocycles. The van der Waals surface area contributed by atoms with E-state index in [0.29, 0.717) is 0 Å². The maximum absolute atomic E-state index is 6.30. The monoisotopic (exact) mass is 1760 g/mol. The van der Waals surface area contributed by atoms with Gasteiger partial charge in [0.15, 0.2) is 0 Å². The van der Waals surface area contributed by atoms with Gasteiger partial charge in [0.2, 0.25) is 0 Å². The number of benzene rings is 18. The van der Waals surface area contributed by atoms with Crippen molar-refractivity contribution in [2.75, 3.05) is 0 Å². The summed E-state index contributed by atoms with van der Waals surface area (Å²) in [7, 11) is 0. The molecule has 0 amide bonds. The van der Waals surface area contributed by atoms with Gasteiger partial charge in [-0.25, -0.2) is 29.9 Å². The minimum atomic E-state index is -0.154. The summed E-state index contributed by atoms with van der Waals surface area (Å²) in [5.41, 5.74) is 43.8. The molecule has 0 bridgehead atoms. The van der Waals surface area contributed by atoms with E-state index in [1.54, 1.807) is 0 Å². The van der Waals surface area contributed by atoms with Crippen molar-refractivity contribution in [3.63, 3.8) is 0 Å². The van der Waals surface area contributed by atoms with E-state index in [0.717, 1.165) is 128 Å². The Morgan fingerprint density at radius 2 is 0.474 bits per heavy atom. The van der Waals surface area contributed by atoms with Crippen LogP contribution in [0.1, 0.15) is 116 Å². The highest BCUT2D eigenvalue weighted by molar-refractivity contribution is 6.09. The van der Waals surface area contributed by atoms with Crippen molar-refractivity contribution in [1.82, 2.24) is 29.9 Å². The van der Waals surface area contributed by atoms with Gasteiger partial charge in [-0.15, -0.1) is 0 Å². The summed E-state index contributed by atoms with van der Waals surface area (Å²) in [5, 5.41) is 4.51. The van der Waals surface area contributed by atoms with E-state index in [-0.39, 0.29) is 32.5 Å². The van der Waals surface area contributed by atoms with E-state index in [1.165, 1.54) is 117 Å². The van der Waals surface area contributed by atoms with Gasteiger partial charge in [-0.3, -0.25) is 0 Å². The van der Waals surface area contributed by atoms with E-state index in [1.807, 2.05) is 48.5 Å². The predicted molar refractivity (Wildman–Crippen MR) is 572 cm³/mol. The molecule has 0 saturated carbocycles. The molecule has 7 heteroatoms. The zero-order valence-electron chi connectivity index (χ0n) is 79.4. The molecule has 18 aromatic carbocycles. The lowest BCUT2D eigenvalue weighted by atomic mass is 9.54. The second-order valence-electron chi connectivity index (χ2n) is 40.3. The molecule has 0 atom stereocenters. The Morgan fingerprint density at radius 1 is 0.168 bits per heavy atom. The minimum absolute atomic E-state index is 0.105. The van der Waals surface area contributed by atoms with Gasteiger partial charge in [-0.2, -0.15) is 0 Å². The first-order chi connectivity index (χ1) is 66.5. The Morgan fingerprint density at radius 3 is 0.956 bits per heavy atom. The van der Waals surface area contributed by atoms with Crippen molar-refractivity contribution in [1.29, 1.82) is 0 Å². The summed E-state index contributed by atoms with van der Waals surface area (Å²) in [5.74, 6) is 0. The van der Waals surface area contributed by atoms with Crippen LogP contribution in [-0.4, -0.2) is 29.9 Å². The Kier molecular flexibility index (Phi) is 20.5. The number of furan rings is 1. The van der Waals surface area contributed by atoms with E-state index in [4.69, 9.17) is 34.3 Å². The lowest BCUT2D eigenvalue weighted by Crippen LogP contribution is -2.43. The third-order valence-corrected chi connectivity index (χ3v) is 31.5. The summed E-state index contributed by atoms with van der Waals surface area (Å²) in [6.07, 6.45) is 0. The summed E-state index contributed by atoms with van der Waals surface area (Å²) >= 11 is 0. The average molecular weight is 1770 g/mol. The Balaban J connectivity index is 0.000000115. The quantitative estimate of drug-likeness (QED) is 0.126. The molecule has 25 rings (SSSR count). The van der Waals surface area contributed by atoms with Gasteiger partial charge in [0.05, 0.1) is 67.3 Å². The van der Waals surface area contributed by atoms with Crippen LogP contribution in [0.3, 0.4) is 0 Å². The first-order valence-corrected chi connectivity index (χ1v) is 47.9. The largest absolute Gasteiger partial charge is 0.456 e. The molecule has 22 aromatic rings. The number of nitrogens with zero attached hydrogens (tertiary/aromatic N) is 6. The number of para-hydroxylation sites is 5. The fraction of sp³-hybridized carbons (Fsp3) is 0.138. The molecule has 0 spiro atoms. The zero-order valence-corrected chi connectivity index (χ0v) is 79.4. The number of fused-ring (bicyclic) bond motifs is 17. The van der Waals surface area contributed by atoms with Crippen LogP contribution in [0.2, 0.25) is 0 Å². The maximum Gasteiger partial charge on any atom is 0.136 e. The SMILES string of the molecule is CC1(C)c2cc(-c3ccccc3)ccc2-c2c(-c3nc4c(ccc5ccccc54)nc3-c3ccccc3)cccc2C1(C)C.CC1(C)c2cc(-c3ccccc3)ccc2-c2c(-c3nc4ccccc4nc3-c3ccc(-c4ccccc4)cc3)cccc2C1(C)C.CC1(C)c2cc(-c3nc4ccccc4nc3-c3ccc4c(c3)oc3ccccc34)ccc2-c2c(-c3ccccc3)cccc2C1(C)C. The highest BCUT2D eigenvalue weighted by Gasteiger charge is 2.50. The molecule has 4 aromatic heterocycles. The Labute approximate surface area is 801 Å². The van der Waals surface area contributed by atoms with Gasteiger partial charge >= 0.3 is 0 Å². The van der Waals surface area contributed by atoms with Crippen molar-refractivity contribution < 1.29 is 4.42 Å². The third kappa shape index (κ3) is 14.1. The van der Waals surface area contributed by atoms with Gasteiger partial charge in [-0.05, 0) is 216 Å². The van der Waals surface area contributed by atoms with E-state index in [2.05, 4.69) is 447 Å². The highest BCUT2D eigenvalue weighted by Crippen LogP contribution is 2.61. The van der Waals surface area contributed by atoms with Gasteiger partial charge in [0, 0.05) is 49.5 Å². The first-order valence-electron chi connectivity index (χ1n) is 47.9. The van der Waals surface area contributed by atoms with Crippen LogP contribution in [0, 0.1) is 0 Å². The Hall–Kier alpha value is -16.0. The normalized spacial score (nSPS) is 14.6. The molecule has 0 radical (unpaired) electrons. The second kappa shape index (κ2) is 33.0. The standard InChI is InChI=1S/C44H34N2O.C44H36N2.C42H34N2/c1-43(2)34-17-12-16-30(27-13-6-5-7-14-27)40(34)33-24-22-28(25-35(33)44(43,3)4)41-42(46-37-19-10-9-18-36(37)45-41)29-21-23-32-31-15-8-11-20-38(31)47-39(32)26-29;1-43(2)36-19-13-18-35(40(36)34-27-26-33(28-37(34)44(43,3)4)30-16-9-6-10-17-30)42-41(45-38-20-11-12-21-39(38)46-42)32-24-22-31(23-25-32)29-14-7-5-8-15-29;1-41(2)34-21-13-20-33(37(34)32-24-22-30(26-35(32)42(41,3)4)27-14-7-5-8-15-27)40-38(29-17-9-6-10-18-29)43-36-25-23-28-16-11-12-19-31(28)39(36)44-40/h5-26H,1-4H3;5-28H,1-4H3;5-26H,1-4H3. The zero-order chi connectivity index (χ0) is 93.4. The summed E-state index contributed by atoms with van der Waals surface area (Å²) < 4.78 is 6.30. The van der Waals surface area contributed by atoms with E-state index in [9.17, 15) is 0 Å². The van der Waals surface area contributed by atoms with Crippen LogP contribution in [0.15, 0.2) is 417 Å². The minimum Gasteiger partial charge on any atom is -0.456 e. The first kappa shape index (κ1) is 85.2. The van der Waals surface area contributed by atoms with Gasteiger partial charge in [-0.1, -0.05) is 429 Å². The average Bonchev–Trinajstić information content (AvgIpc) is 0.997. The third-order valence-electron chi connectivity index (χ3n) is 31.5. The van der Waals surface area contributed by atoms with Gasteiger partial charge in [0.25, 0.3) is 0 Å². The lowest BCUT2D eigenvalue weighted by Gasteiger charge is -2.49. The molecular weight excluding hydrogens is 1660 g/mol. The number of aromatic nitrogens is 6. The van der Waals surface area contributed by atoms with E-state index >= 15 is 0 Å². The Bertz CT molecular complexity index is 8540. The summed E-state index contributed by atoms with van der Waals surface area (Å²) in [4.78, 5) is 32.0. The number of rotatable bonds is 10. The number of hydrogen-bond donors (Lipinski definition) is 0. The van der Waals surface area contributed by atoms with Crippen molar-refractivity contribution in [3.8, 4) is 145 Å². The maximum atomic E-state index is 6.30. The van der Waals surface area contributed by atoms with Crippen molar-refractivity contribution in [3.05, 3.63) is 446 Å². The van der Waals surface area contributed by atoms with Crippen LogP contribution >= 0.6 is 0 Å². The van der Waals surface area contributed by atoms with Crippen molar-refractivity contribution in [2.24, 2.45) is 0 Å². The predicted octanol–water partition coefficient (Wildman–Crippen LogP) is 34.3. The summed E-state index contributed by atoms with van der Waals surface area (Å²) in [6, 6.07) is 147. The topological polar surface area (TPSA) is 90.5 Å².